The molecule has 1 fully saturated rings. The molecule has 2 amide bonds. The number of anilines is 3. The van der Waals surface area contributed by atoms with Gasteiger partial charge in [-0.25, -0.2) is 9.78 Å². The minimum Gasteiger partial charge on any atom is -0.447 e. The van der Waals surface area contributed by atoms with Gasteiger partial charge >= 0.3 is 6.09 Å². The summed E-state index contributed by atoms with van der Waals surface area (Å²) >= 11 is 0. The van der Waals surface area contributed by atoms with Gasteiger partial charge in [0.2, 0.25) is 11.9 Å². The number of likely N-dealkylation sites (N-methyl/N-ethyl adjacent to an activating group) is 1. The van der Waals surface area contributed by atoms with Gasteiger partial charge in [0.25, 0.3) is 0 Å². The quantitative estimate of drug-likeness (QED) is 0.705. The van der Waals surface area contributed by atoms with E-state index in [4.69, 9.17) is 4.74 Å². The lowest BCUT2D eigenvalue weighted by atomic mass is 10.1. The van der Waals surface area contributed by atoms with Crippen molar-refractivity contribution in [2.75, 3.05) is 35.7 Å². The van der Waals surface area contributed by atoms with Crippen molar-refractivity contribution < 1.29 is 14.3 Å². The van der Waals surface area contributed by atoms with Crippen LogP contribution in [0.2, 0.25) is 0 Å². The maximum Gasteiger partial charge on any atom is 0.410 e. The molecule has 2 aliphatic rings. The van der Waals surface area contributed by atoms with E-state index in [9.17, 15) is 9.59 Å². The molecule has 0 bridgehead atoms. The Balaban J connectivity index is 1.35. The van der Waals surface area contributed by atoms with Gasteiger partial charge in [-0.15, -0.1) is 0 Å². The maximum absolute atomic E-state index is 12.1. The van der Waals surface area contributed by atoms with Crippen LogP contribution in [0.1, 0.15) is 50.9 Å². The summed E-state index contributed by atoms with van der Waals surface area (Å²) in [6, 6.07) is -0.0423. The predicted molar refractivity (Wildman–Crippen MR) is 124 cm³/mol. The first-order valence-corrected chi connectivity index (χ1v) is 11.4. The van der Waals surface area contributed by atoms with E-state index in [-0.39, 0.29) is 30.2 Å². The normalized spacial score (nSPS) is 18.8. The molecule has 2 aliphatic heterocycles. The second kappa shape index (κ2) is 9.24. The number of fused-ring (bicyclic) bond motifs is 1. The molecule has 0 radical (unpaired) electrons. The van der Waals surface area contributed by atoms with Gasteiger partial charge in [-0.1, -0.05) is 0 Å². The minimum absolute atomic E-state index is 0.0625. The minimum atomic E-state index is -0.295. The Kier molecular flexibility index (Phi) is 6.39. The Bertz CT molecular complexity index is 1030. The van der Waals surface area contributed by atoms with Gasteiger partial charge in [-0.3, -0.25) is 9.48 Å². The molecule has 4 rings (SSSR count). The van der Waals surface area contributed by atoms with Crippen molar-refractivity contribution >= 4 is 29.5 Å². The molecule has 178 valence electrons. The largest absolute Gasteiger partial charge is 0.447 e. The number of ether oxygens (including phenoxy) is 1. The third kappa shape index (κ3) is 4.86. The van der Waals surface area contributed by atoms with Crippen molar-refractivity contribution in [3.05, 3.63) is 23.7 Å². The molecule has 2 aromatic heterocycles. The van der Waals surface area contributed by atoms with Crippen LogP contribution >= 0.6 is 0 Å². The average molecular weight is 457 g/mol. The number of aryl methyl sites for hydroxylation is 1. The van der Waals surface area contributed by atoms with Crippen LogP contribution in [0.15, 0.2) is 12.4 Å². The summed E-state index contributed by atoms with van der Waals surface area (Å²) in [5.74, 6) is 1.15. The van der Waals surface area contributed by atoms with Crippen LogP contribution in [0, 0.1) is 6.92 Å². The van der Waals surface area contributed by atoms with Crippen LogP contribution in [0.5, 0.6) is 0 Å². The number of amides is 2. The summed E-state index contributed by atoms with van der Waals surface area (Å²) in [5, 5.41) is 10.7. The van der Waals surface area contributed by atoms with Gasteiger partial charge in [-0.05, 0) is 40.5 Å². The number of carbonyl (C=O) groups excluding carboxylic acids is 2. The van der Waals surface area contributed by atoms with E-state index in [2.05, 4.69) is 25.7 Å². The number of carbonyl (C=O) groups is 2. The number of nitrogens with one attached hydrogen (secondary N) is 2. The Hall–Kier alpha value is -3.37. The Morgan fingerprint density at radius 1 is 1.30 bits per heavy atom. The molecule has 11 heteroatoms. The number of aromatic nitrogens is 4. The lowest BCUT2D eigenvalue weighted by Crippen LogP contribution is -2.44. The van der Waals surface area contributed by atoms with Crippen LogP contribution in [0.25, 0.3) is 0 Å². The van der Waals surface area contributed by atoms with Crippen LogP contribution in [0.3, 0.4) is 0 Å². The maximum atomic E-state index is 12.1. The van der Waals surface area contributed by atoms with E-state index in [1.165, 1.54) is 0 Å². The zero-order chi connectivity index (χ0) is 23.7. The standard InChI is InChI=1S/C22H32N8O3/c1-13(2)33-22(32)29-8-6-17(7-9-29)30-12-16(11-24-30)10-23-21-25-14(3)18-19(27-21)28(5)15(4)20(31)26-18/h11-13,15,17H,6-10H2,1-5H3,(H,26,31)(H,23,25,27). The van der Waals surface area contributed by atoms with Gasteiger partial charge in [0, 0.05) is 38.4 Å². The zero-order valence-corrected chi connectivity index (χ0v) is 19.8. The summed E-state index contributed by atoms with van der Waals surface area (Å²) in [7, 11) is 1.86. The Labute approximate surface area is 193 Å². The summed E-state index contributed by atoms with van der Waals surface area (Å²) in [6.07, 6.45) is 5.19. The fourth-order valence-corrected chi connectivity index (χ4v) is 4.06. The van der Waals surface area contributed by atoms with Gasteiger partial charge in [0.1, 0.15) is 11.7 Å². The van der Waals surface area contributed by atoms with Gasteiger partial charge in [0.05, 0.1) is 24.0 Å². The van der Waals surface area contributed by atoms with Crippen molar-refractivity contribution in [2.45, 2.75) is 65.3 Å². The fourth-order valence-electron chi connectivity index (χ4n) is 4.06. The monoisotopic (exact) mass is 456 g/mol. The first kappa shape index (κ1) is 22.8. The van der Waals surface area contributed by atoms with E-state index in [1.807, 2.05) is 56.7 Å². The molecule has 4 heterocycles. The highest BCUT2D eigenvalue weighted by atomic mass is 16.6. The van der Waals surface area contributed by atoms with Gasteiger partial charge in [-0.2, -0.15) is 10.1 Å². The highest BCUT2D eigenvalue weighted by molar-refractivity contribution is 6.03. The molecule has 2 aromatic rings. The summed E-state index contributed by atoms with van der Waals surface area (Å²) in [6.45, 7) is 9.27. The van der Waals surface area contributed by atoms with E-state index >= 15 is 0 Å². The molecule has 1 atom stereocenters. The number of hydrogen-bond donors (Lipinski definition) is 2. The summed E-state index contributed by atoms with van der Waals surface area (Å²) in [4.78, 5) is 36.9. The number of piperidine rings is 1. The second-order valence-corrected chi connectivity index (χ2v) is 8.94. The molecule has 1 unspecified atom stereocenters. The molecule has 0 saturated carbocycles. The van der Waals surface area contributed by atoms with Crippen molar-refractivity contribution in [1.82, 2.24) is 24.6 Å². The van der Waals surface area contributed by atoms with E-state index in [0.29, 0.717) is 42.8 Å². The SMILES string of the molecule is Cc1nc(NCc2cnn(C3CCN(C(=O)OC(C)C)CC3)c2)nc2c1NC(=O)C(C)N2C. The van der Waals surface area contributed by atoms with Crippen molar-refractivity contribution in [1.29, 1.82) is 0 Å². The lowest BCUT2D eigenvalue weighted by molar-refractivity contribution is -0.117. The van der Waals surface area contributed by atoms with Crippen molar-refractivity contribution in [2.24, 2.45) is 0 Å². The van der Waals surface area contributed by atoms with Crippen molar-refractivity contribution in [3.8, 4) is 0 Å². The molecular weight excluding hydrogens is 424 g/mol. The second-order valence-electron chi connectivity index (χ2n) is 8.94. The van der Waals surface area contributed by atoms with E-state index in [1.54, 1.807) is 4.90 Å². The molecule has 33 heavy (non-hydrogen) atoms. The fraction of sp³-hybridized carbons (Fsp3) is 0.591. The molecule has 11 nitrogen and oxygen atoms in total. The predicted octanol–water partition coefficient (Wildman–Crippen LogP) is 2.55. The van der Waals surface area contributed by atoms with Gasteiger partial charge < -0.3 is 25.2 Å². The highest BCUT2D eigenvalue weighted by Gasteiger charge is 2.30. The third-order valence-electron chi connectivity index (χ3n) is 6.15. The van der Waals surface area contributed by atoms with Crippen LogP contribution in [0.4, 0.5) is 22.2 Å². The average Bonchev–Trinajstić information content (AvgIpc) is 3.26. The highest BCUT2D eigenvalue weighted by Crippen LogP contribution is 2.32. The van der Waals surface area contributed by atoms with E-state index in [0.717, 1.165) is 18.4 Å². The molecule has 2 N–H and O–H groups in total. The first-order valence-electron chi connectivity index (χ1n) is 11.4. The molecule has 0 aliphatic carbocycles. The Morgan fingerprint density at radius 3 is 2.73 bits per heavy atom. The van der Waals surface area contributed by atoms with Gasteiger partial charge in [0.15, 0.2) is 5.82 Å². The van der Waals surface area contributed by atoms with Crippen LogP contribution in [-0.4, -0.2) is 68.9 Å². The van der Waals surface area contributed by atoms with Crippen LogP contribution < -0.4 is 15.5 Å². The number of nitrogens with zero attached hydrogens (tertiary/aromatic N) is 6. The van der Waals surface area contributed by atoms with E-state index < -0.39 is 0 Å². The topological polar surface area (TPSA) is 118 Å². The van der Waals surface area contributed by atoms with Crippen molar-refractivity contribution in [3.63, 3.8) is 0 Å². The third-order valence-corrected chi connectivity index (χ3v) is 6.15. The summed E-state index contributed by atoms with van der Waals surface area (Å²) in [5.41, 5.74) is 2.39. The Morgan fingerprint density at radius 2 is 2.03 bits per heavy atom. The first-order chi connectivity index (χ1) is 15.7. The summed E-state index contributed by atoms with van der Waals surface area (Å²) < 4.78 is 7.27. The number of rotatable bonds is 5. The lowest BCUT2D eigenvalue weighted by Gasteiger charge is -2.32. The zero-order valence-electron chi connectivity index (χ0n) is 19.8. The molecule has 0 spiro atoms. The number of hydrogen-bond acceptors (Lipinski definition) is 8. The van der Waals surface area contributed by atoms with Crippen LogP contribution in [-0.2, 0) is 16.1 Å². The molecule has 1 saturated heterocycles. The number of likely N-dealkylation sites (tertiary alicyclic amines) is 1. The molecule has 0 aromatic carbocycles. The smallest absolute Gasteiger partial charge is 0.410 e. The molecular formula is C22H32N8O3.